The van der Waals surface area contributed by atoms with Crippen molar-refractivity contribution < 1.29 is 0 Å². The number of hydrogen-bond donors (Lipinski definition) is 1. The fraction of sp³-hybridized carbons (Fsp3) is 0.750. The van der Waals surface area contributed by atoms with Crippen molar-refractivity contribution in [3.05, 3.63) is 17.5 Å². The number of nitrogens with one attached hydrogen (secondary N) is 1. The van der Waals surface area contributed by atoms with E-state index in [1.165, 1.54) is 29.9 Å². The molecule has 1 aromatic rings. The largest absolute Gasteiger partial charge is 0.313 e. The summed E-state index contributed by atoms with van der Waals surface area (Å²) >= 11 is 1.90. The molecule has 1 N–H and O–H groups in total. The zero-order valence-electron chi connectivity index (χ0n) is 10.6. The second kappa shape index (κ2) is 7.74. The van der Waals surface area contributed by atoms with Crippen LogP contribution in [0.2, 0.25) is 0 Å². The SMILES string of the molecule is CCCNCc1cnn(CCCSC)c1C. The van der Waals surface area contributed by atoms with Crippen LogP contribution in [0.1, 0.15) is 31.0 Å². The average molecular weight is 241 g/mol. The third-order valence-corrected chi connectivity index (χ3v) is 3.36. The first-order valence-corrected chi connectivity index (χ1v) is 7.40. The summed E-state index contributed by atoms with van der Waals surface area (Å²) in [6.45, 7) is 7.42. The third-order valence-electron chi connectivity index (χ3n) is 2.67. The van der Waals surface area contributed by atoms with E-state index in [-0.39, 0.29) is 0 Å². The van der Waals surface area contributed by atoms with Gasteiger partial charge in [-0.05, 0) is 38.3 Å². The zero-order chi connectivity index (χ0) is 11.8. The molecule has 0 aliphatic carbocycles. The topological polar surface area (TPSA) is 29.9 Å². The van der Waals surface area contributed by atoms with Crippen molar-refractivity contribution in [3.63, 3.8) is 0 Å². The van der Waals surface area contributed by atoms with Gasteiger partial charge in [-0.15, -0.1) is 0 Å². The molecular formula is C12H23N3S. The van der Waals surface area contributed by atoms with Crippen LogP contribution in [0.3, 0.4) is 0 Å². The van der Waals surface area contributed by atoms with Crippen LogP contribution in [0.15, 0.2) is 6.20 Å². The number of thioether (sulfide) groups is 1. The lowest BCUT2D eigenvalue weighted by Gasteiger charge is -2.05. The molecule has 92 valence electrons. The zero-order valence-corrected chi connectivity index (χ0v) is 11.4. The van der Waals surface area contributed by atoms with Crippen LogP contribution in [-0.4, -0.2) is 28.3 Å². The Bertz CT molecular complexity index is 269. The second-order valence-corrected chi connectivity index (χ2v) is 4.99. The summed E-state index contributed by atoms with van der Waals surface area (Å²) in [7, 11) is 0. The van der Waals surface area contributed by atoms with Gasteiger partial charge in [0.1, 0.15) is 0 Å². The van der Waals surface area contributed by atoms with Crippen LogP contribution in [0.4, 0.5) is 0 Å². The Morgan fingerprint density at radius 1 is 1.50 bits per heavy atom. The number of rotatable bonds is 8. The molecule has 1 aromatic heterocycles. The fourth-order valence-corrected chi connectivity index (χ4v) is 2.06. The molecule has 0 unspecified atom stereocenters. The lowest BCUT2D eigenvalue weighted by atomic mass is 10.2. The van der Waals surface area contributed by atoms with Gasteiger partial charge in [-0.1, -0.05) is 6.92 Å². The Hall–Kier alpha value is -0.480. The molecule has 0 aromatic carbocycles. The Labute approximate surface area is 103 Å². The van der Waals surface area contributed by atoms with Gasteiger partial charge in [0.2, 0.25) is 0 Å². The monoisotopic (exact) mass is 241 g/mol. The van der Waals surface area contributed by atoms with Gasteiger partial charge < -0.3 is 5.32 Å². The summed E-state index contributed by atoms with van der Waals surface area (Å²) in [6, 6.07) is 0. The molecule has 3 nitrogen and oxygen atoms in total. The van der Waals surface area contributed by atoms with Crippen molar-refractivity contribution in [1.82, 2.24) is 15.1 Å². The van der Waals surface area contributed by atoms with E-state index in [0.717, 1.165) is 19.6 Å². The molecule has 0 saturated carbocycles. The van der Waals surface area contributed by atoms with E-state index >= 15 is 0 Å². The minimum Gasteiger partial charge on any atom is -0.313 e. The molecule has 0 amide bonds. The molecule has 0 saturated heterocycles. The molecule has 16 heavy (non-hydrogen) atoms. The number of aromatic nitrogens is 2. The van der Waals surface area contributed by atoms with E-state index in [4.69, 9.17) is 0 Å². The summed E-state index contributed by atoms with van der Waals surface area (Å²) in [5.41, 5.74) is 2.64. The first-order chi connectivity index (χ1) is 7.79. The predicted molar refractivity (Wildman–Crippen MR) is 72.0 cm³/mol. The standard InChI is InChI=1S/C12H23N3S/c1-4-6-13-9-12-10-14-15(11(12)2)7-5-8-16-3/h10,13H,4-9H2,1-3H3. The van der Waals surface area contributed by atoms with E-state index < -0.39 is 0 Å². The first kappa shape index (κ1) is 13.6. The van der Waals surface area contributed by atoms with Crippen molar-refractivity contribution >= 4 is 11.8 Å². The molecule has 1 heterocycles. The first-order valence-electron chi connectivity index (χ1n) is 6.00. The molecular weight excluding hydrogens is 218 g/mol. The van der Waals surface area contributed by atoms with E-state index in [2.05, 4.69) is 35.2 Å². The highest BCUT2D eigenvalue weighted by Crippen LogP contribution is 2.08. The molecule has 0 radical (unpaired) electrons. The lowest BCUT2D eigenvalue weighted by Crippen LogP contribution is -2.14. The van der Waals surface area contributed by atoms with Gasteiger partial charge >= 0.3 is 0 Å². The lowest BCUT2D eigenvalue weighted by molar-refractivity contribution is 0.587. The summed E-state index contributed by atoms with van der Waals surface area (Å²) in [5, 5.41) is 7.85. The van der Waals surface area contributed by atoms with Gasteiger partial charge in [0.15, 0.2) is 0 Å². The highest BCUT2D eigenvalue weighted by Gasteiger charge is 2.04. The van der Waals surface area contributed by atoms with Crippen molar-refractivity contribution in [2.45, 2.75) is 39.8 Å². The second-order valence-electron chi connectivity index (χ2n) is 4.00. The van der Waals surface area contributed by atoms with Gasteiger partial charge in [0.05, 0.1) is 6.20 Å². The molecule has 0 aliphatic heterocycles. The van der Waals surface area contributed by atoms with Gasteiger partial charge in [-0.2, -0.15) is 16.9 Å². The van der Waals surface area contributed by atoms with E-state index in [1.54, 1.807) is 0 Å². The van der Waals surface area contributed by atoms with Crippen LogP contribution in [0.5, 0.6) is 0 Å². The van der Waals surface area contributed by atoms with E-state index in [0.29, 0.717) is 0 Å². The molecule has 1 rings (SSSR count). The summed E-state index contributed by atoms with van der Waals surface area (Å²) in [5.74, 6) is 1.21. The summed E-state index contributed by atoms with van der Waals surface area (Å²) in [6.07, 6.45) is 6.53. The average Bonchev–Trinajstić information content (AvgIpc) is 2.62. The normalized spacial score (nSPS) is 10.9. The Morgan fingerprint density at radius 2 is 2.31 bits per heavy atom. The molecule has 4 heteroatoms. The molecule has 0 fully saturated rings. The quantitative estimate of drug-likeness (QED) is 0.709. The number of hydrogen-bond acceptors (Lipinski definition) is 3. The van der Waals surface area contributed by atoms with Gasteiger partial charge in [0, 0.05) is 24.3 Å². The Kier molecular flexibility index (Phi) is 6.57. The van der Waals surface area contributed by atoms with Crippen molar-refractivity contribution in [2.24, 2.45) is 0 Å². The highest BCUT2D eigenvalue weighted by molar-refractivity contribution is 7.98. The third kappa shape index (κ3) is 4.18. The number of aryl methyl sites for hydroxylation is 1. The maximum absolute atomic E-state index is 4.43. The van der Waals surface area contributed by atoms with Crippen LogP contribution >= 0.6 is 11.8 Å². The molecule has 0 spiro atoms. The predicted octanol–water partition coefficient (Wildman–Crippen LogP) is 2.44. The smallest absolute Gasteiger partial charge is 0.0537 e. The molecule has 0 bridgehead atoms. The highest BCUT2D eigenvalue weighted by atomic mass is 32.2. The Balaban J connectivity index is 2.41. The molecule has 0 atom stereocenters. The van der Waals surface area contributed by atoms with Crippen LogP contribution in [0.25, 0.3) is 0 Å². The van der Waals surface area contributed by atoms with Gasteiger partial charge in [0.25, 0.3) is 0 Å². The van der Waals surface area contributed by atoms with Crippen molar-refractivity contribution in [1.29, 1.82) is 0 Å². The van der Waals surface area contributed by atoms with E-state index in [1.807, 2.05) is 18.0 Å². The van der Waals surface area contributed by atoms with Gasteiger partial charge in [-0.3, -0.25) is 4.68 Å². The summed E-state index contributed by atoms with van der Waals surface area (Å²) in [4.78, 5) is 0. The van der Waals surface area contributed by atoms with Crippen LogP contribution in [-0.2, 0) is 13.1 Å². The minimum atomic E-state index is 0.947. The van der Waals surface area contributed by atoms with E-state index in [9.17, 15) is 0 Å². The van der Waals surface area contributed by atoms with Gasteiger partial charge in [-0.25, -0.2) is 0 Å². The van der Waals surface area contributed by atoms with Crippen LogP contribution in [0, 0.1) is 6.92 Å². The maximum atomic E-state index is 4.43. The number of nitrogens with zero attached hydrogens (tertiary/aromatic N) is 2. The van der Waals surface area contributed by atoms with Crippen LogP contribution < -0.4 is 5.32 Å². The van der Waals surface area contributed by atoms with Crippen molar-refractivity contribution in [2.75, 3.05) is 18.6 Å². The fourth-order valence-electron chi connectivity index (χ4n) is 1.64. The Morgan fingerprint density at radius 3 is 3.00 bits per heavy atom. The van der Waals surface area contributed by atoms with Crippen molar-refractivity contribution in [3.8, 4) is 0 Å². The molecule has 0 aliphatic rings. The summed E-state index contributed by atoms with van der Waals surface area (Å²) < 4.78 is 2.12. The maximum Gasteiger partial charge on any atom is 0.0537 e. The minimum absolute atomic E-state index is 0.947.